The fraction of sp³-hybridized carbons (Fsp3) is 0.625. The zero-order valence-corrected chi connectivity index (χ0v) is 17.8. The largest absolute Gasteiger partial charge is 0.493 e. The van der Waals surface area contributed by atoms with E-state index < -0.39 is 5.60 Å². The van der Waals surface area contributed by atoms with Crippen molar-refractivity contribution in [2.75, 3.05) is 6.61 Å². The topological polar surface area (TPSA) is 79.9 Å². The molecule has 5 nitrogen and oxygen atoms in total. The molecule has 1 heterocycles. The number of hydrogen-bond donors (Lipinski definition) is 2. The van der Waals surface area contributed by atoms with E-state index in [9.17, 15) is 15.0 Å². The zero-order chi connectivity index (χ0) is 21.0. The summed E-state index contributed by atoms with van der Waals surface area (Å²) in [4.78, 5) is 11.5. The van der Waals surface area contributed by atoms with Gasteiger partial charge >= 0.3 is 5.63 Å². The van der Waals surface area contributed by atoms with Crippen LogP contribution in [0.5, 0.6) is 5.75 Å². The van der Waals surface area contributed by atoms with Crippen molar-refractivity contribution in [1.82, 2.24) is 0 Å². The van der Waals surface area contributed by atoms with Crippen molar-refractivity contribution in [2.24, 2.45) is 22.7 Å². The molecule has 1 aromatic heterocycles. The summed E-state index contributed by atoms with van der Waals surface area (Å²) >= 11 is 0. The predicted octanol–water partition coefficient (Wildman–Crippen LogP) is 4.14. The Bertz CT molecular complexity index is 959. The molecule has 2 fully saturated rings. The molecule has 2 aliphatic carbocycles. The van der Waals surface area contributed by atoms with Gasteiger partial charge in [-0.25, -0.2) is 4.79 Å². The van der Waals surface area contributed by atoms with Crippen molar-refractivity contribution >= 4 is 11.0 Å². The third-order valence-corrected chi connectivity index (χ3v) is 8.26. The number of rotatable bonds is 3. The average molecular weight is 401 g/mol. The van der Waals surface area contributed by atoms with E-state index in [1.165, 1.54) is 6.07 Å². The van der Waals surface area contributed by atoms with Gasteiger partial charge < -0.3 is 19.4 Å². The molecule has 0 aliphatic heterocycles. The second-order valence-corrected chi connectivity index (χ2v) is 10.0. The molecule has 2 aliphatic rings. The van der Waals surface area contributed by atoms with Gasteiger partial charge in [-0.15, -0.1) is 0 Å². The Hall–Kier alpha value is -1.85. The van der Waals surface area contributed by atoms with E-state index in [0.717, 1.165) is 24.6 Å². The molecule has 0 saturated heterocycles. The lowest BCUT2D eigenvalue weighted by molar-refractivity contribution is -0.227. The lowest BCUT2D eigenvalue weighted by atomic mass is 9.44. The SMILES string of the molecule is CC1(C)[C@@H](O)CC[C@@]2(C)[C@H]1CC[C@H](COc1ccc3ccc(=O)oc3c1)[C@@]2(C)O. The van der Waals surface area contributed by atoms with E-state index in [0.29, 0.717) is 24.4 Å². The highest BCUT2D eigenvalue weighted by Gasteiger charge is 2.62. The van der Waals surface area contributed by atoms with Gasteiger partial charge in [0.25, 0.3) is 0 Å². The molecular formula is C24H32O5. The van der Waals surface area contributed by atoms with Gasteiger partial charge in [0.2, 0.25) is 0 Å². The Morgan fingerprint density at radius 3 is 2.59 bits per heavy atom. The first kappa shape index (κ1) is 20.4. The molecule has 2 N–H and O–H groups in total. The number of fused-ring (bicyclic) bond motifs is 2. The van der Waals surface area contributed by atoms with Crippen LogP contribution >= 0.6 is 0 Å². The summed E-state index contributed by atoms with van der Waals surface area (Å²) < 4.78 is 11.3. The molecule has 0 unspecified atom stereocenters. The quantitative estimate of drug-likeness (QED) is 0.757. The van der Waals surface area contributed by atoms with Crippen LogP contribution in [0.1, 0.15) is 53.4 Å². The molecule has 5 atom stereocenters. The van der Waals surface area contributed by atoms with Gasteiger partial charge in [0.15, 0.2) is 0 Å². The Labute approximate surface area is 171 Å². The van der Waals surface area contributed by atoms with Crippen LogP contribution in [0.25, 0.3) is 11.0 Å². The van der Waals surface area contributed by atoms with Crippen LogP contribution < -0.4 is 10.4 Å². The van der Waals surface area contributed by atoms with Crippen molar-refractivity contribution in [3.05, 3.63) is 40.8 Å². The number of aliphatic hydroxyl groups excluding tert-OH is 1. The molecule has 0 spiro atoms. The number of benzene rings is 1. The number of hydrogen-bond acceptors (Lipinski definition) is 5. The Morgan fingerprint density at radius 1 is 1.10 bits per heavy atom. The maximum absolute atomic E-state index is 11.7. The van der Waals surface area contributed by atoms with Gasteiger partial charge in [-0.1, -0.05) is 20.8 Å². The van der Waals surface area contributed by atoms with Crippen LogP contribution in [0.4, 0.5) is 0 Å². The summed E-state index contributed by atoms with van der Waals surface area (Å²) in [5.41, 5.74) is -1.25. The molecule has 0 amide bonds. The van der Waals surface area contributed by atoms with E-state index >= 15 is 0 Å². The number of ether oxygens (including phenoxy) is 1. The Morgan fingerprint density at radius 2 is 1.83 bits per heavy atom. The summed E-state index contributed by atoms with van der Waals surface area (Å²) in [6.07, 6.45) is 3.03. The maximum atomic E-state index is 11.7. The van der Waals surface area contributed by atoms with Gasteiger partial charge in [-0.3, -0.25) is 0 Å². The maximum Gasteiger partial charge on any atom is 0.336 e. The fourth-order valence-electron chi connectivity index (χ4n) is 6.02. The van der Waals surface area contributed by atoms with E-state index in [2.05, 4.69) is 20.8 Å². The minimum Gasteiger partial charge on any atom is -0.493 e. The average Bonchev–Trinajstić information content (AvgIpc) is 2.65. The third-order valence-electron chi connectivity index (χ3n) is 8.26. The molecule has 158 valence electrons. The van der Waals surface area contributed by atoms with Crippen LogP contribution in [-0.4, -0.2) is 28.5 Å². The highest BCUT2D eigenvalue weighted by Crippen LogP contribution is 2.62. The Kier molecular flexibility index (Phi) is 4.82. The second-order valence-electron chi connectivity index (χ2n) is 10.0. The lowest BCUT2D eigenvalue weighted by Crippen LogP contribution is -2.64. The van der Waals surface area contributed by atoms with Crippen molar-refractivity contribution in [3.63, 3.8) is 0 Å². The first-order valence-corrected chi connectivity index (χ1v) is 10.6. The van der Waals surface area contributed by atoms with E-state index in [4.69, 9.17) is 9.15 Å². The van der Waals surface area contributed by atoms with Crippen molar-refractivity contribution in [1.29, 1.82) is 0 Å². The Balaban J connectivity index is 1.54. The highest BCUT2D eigenvalue weighted by atomic mass is 16.5. The van der Waals surface area contributed by atoms with Gasteiger partial charge in [-0.2, -0.15) is 0 Å². The summed E-state index contributed by atoms with van der Waals surface area (Å²) in [6, 6.07) is 8.61. The van der Waals surface area contributed by atoms with Crippen molar-refractivity contribution in [2.45, 2.75) is 65.1 Å². The standard InChI is InChI=1S/C24H32O5/c1-22(2)19-9-7-16(24(4,27)23(19,3)12-11-20(22)25)14-28-17-8-5-15-6-10-21(26)29-18(15)13-17/h5-6,8,10,13,16,19-20,25,27H,7,9,11-12,14H2,1-4H3/t16-,19+,20+,23+,24-/m1/s1. The monoisotopic (exact) mass is 400 g/mol. The molecule has 1 aromatic carbocycles. The van der Waals surface area contributed by atoms with Gasteiger partial charge in [0, 0.05) is 23.4 Å². The fourth-order valence-corrected chi connectivity index (χ4v) is 6.02. The molecular weight excluding hydrogens is 368 g/mol. The highest BCUT2D eigenvalue weighted by molar-refractivity contribution is 5.77. The van der Waals surface area contributed by atoms with Crippen LogP contribution in [0.15, 0.2) is 39.5 Å². The van der Waals surface area contributed by atoms with E-state index in [1.54, 1.807) is 12.1 Å². The summed E-state index contributed by atoms with van der Waals surface area (Å²) in [5.74, 6) is 0.891. The molecule has 2 saturated carbocycles. The molecule has 0 radical (unpaired) electrons. The first-order chi connectivity index (χ1) is 13.6. The van der Waals surface area contributed by atoms with Crippen LogP contribution in [0, 0.1) is 22.7 Å². The summed E-state index contributed by atoms with van der Waals surface area (Å²) in [6.45, 7) is 8.80. The minimum absolute atomic E-state index is 0.00623. The molecule has 29 heavy (non-hydrogen) atoms. The minimum atomic E-state index is -0.892. The van der Waals surface area contributed by atoms with Gasteiger partial charge in [0.05, 0.1) is 18.3 Å². The smallest absolute Gasteiger partial charge is 0.336 e. The molecule has 0 bridgehead atoms. The normalized spacial score (nSPS) is 36.6. The predicted molar refractivity (Wildman–Crippen MR) is 112 cm³/mol. The molecule has 5 heteroatoms. The first-order valence-electron chi connectivity index (χ1n) is 10.6. The van der Waals surface area contributed by atoms with Gasteiger partial charge in [0.1, 0.15) is 11.3 Å². The molecule has 2 aromatic rings. The van der Waals surface area contributed by atoms with Gasteiger partial charge in [-0.05, 0) is 67.6 Å². The van der Waals surface area contributed by atoms with Crippen molar-refractivity contribution in [3.8, 4) is 5.75 Å². The summed E-state index contributed by atoms with van der Waals surface area (Å²) in [7, 11) is 0. The van der Waals surface area contributed by atoms with E-state index in [1.807, 2.05) is 19.1 Å². The summed E-state index contributed by atoms with van der Waals surface area (Å²) in [5, 5.41) is 23.1. The van der Waals surface area contributed by atoms with Crippen LogP contribution in [-0.2, 0) is 0 Å². The van der Waals surface area contributed by atoms with Crippen molar-refractivity contribution < 1.29 is 19.4 Å². The number of aliphatic hydroxyl groups is 2. The third kappa shape index (κ3) is 3.19. The zero-order valence-electron chi connectivity index (χ0n) is 17.8. The second kappa shape index (κ2) is 6.85. The lowest BCUT2D eigenvalue weighted by Gasteiger charge is -2.63. The van der Waals surface area contributed by atoms with Crippen LogP contribution in [0.3, 0.4) is 0 Å². The van der Waals surface area contributed by atoms with Crippen LogP contribution in [0.2, 0.25) is 0 Å². The van der Waals surface area contributed by atoms with E-state index in [-0.39, 0.29) is 34.4 Å². The molecule has 4 rings (SSSR count).